The van der Waals surface area contributed by atoms with E-state index in [0.29, 0.717) is 23.0 Å². The van der Waals surface area contributed by atoms with Crippen molar-refractivity contribution in [1.82, 2.24) is 9.88 Å². The molecule has 7 nitrogen and oxygen atoms in total. The van der Waals surface area contributed by atoms with E-state index in [-0.39, 0.29) is 18.5 Å². The SMILES string of the molecule is CCCOC1CCC(N(C(=O)Nc2ncc(SCCC(=O)O)s2)C2CCCCC2)CC1. The molecule has 9 heteroatoms. The van der Waals surface area contributed by atoms with Gasteiger partial charge in [-0.25, -0.2) is 9.78 Å². The lowest BCUT2D eigenvalue weighted by atomic mass is 9.88. The van der Waals surface area contributed by atoms with Gasteiger partial charge in [0.2, 0.25) is 0 Å². The summed E-state index contributed by atoms with van der Waals surface area (Å²) in [4.78, 5) is 30.5. The second kappa shape index (κ2) is 12.6. The molecule has 0 aromatic carbocycles. The van der Waals surface area contributed by atoms with Crippen LogP contribution in [0.4, 0.5) is 9.93 Å². The number of urea groups is 1. The largest absolute Gasteiger partial charge is 0.481 e. The summed E-state index contributed by atoms with van der Waals surface area (Å²) in [6.45, 7) is 2.95. The zero-order chi connectivity index (χ0) is 22.1. The fourth-order valence-corrected chi connectivity index (χ4v) is 6.41. The molecule has 2 aliphatic carbocycles. The van der Waals surface area contributed by atoms with Gasteiger partial charge in [-0.15, -0.1) is 11.8 Å². The van der Waals surface area contributed by atoms with Crippen molar-refractivity contribution in [3.05, 3.63) is 6.20 Å². The molecule has 0 spiro atoms. The molecule has 2 saturated carbocycles. The number of carbonyl (C=O) groups is 2. The summed E-state index contributed by atoms with van der Waals surface area (Å²) in [5.74, 6) is -0.300. The molecule has 31 heavy (non-hydrogen) atoms. The van der Waals surface area contributed by atoms with Gasteiger partial charge in [-0.2, -0.15) is 0 Å². The van der Waals surface area contributed by atoms with Gasteiger partial charge in [0.1, 0.15) is 0 Å². The van der Waals surface area contributed by atoms with Crippen molar-refractivity contribution in [3.8, 4) is 0 Å². The van der Waals surface area contributed by atoms with Crippen LogP contribution in [0, 0.1) is 0 Å². The number of aromatic nitrogens is 1. The number of thioether (sulfide) groups is 1. The number of nitrogens with zero attached hydrogens (tertiary/aromatic N) is 2. The number of carboxylic acids is 1. The molecule has 1 aromatic rings. The van der Waals surface area contributed by atoms with Crippen molar-refractivity contribution in [2.45, 2.75) is 99.9 Å². The molecular weight excluding hydrogens is 434 g/mol. The lowest BCUT2D eigenvalue weighted by Gasteiger charge is -2.42. The van der Waals surface area contributed by atoms with Crippen molar-refractivity contribution in [2.24, 2.45) is 0 Å². The first-order valence-electron chi connectivity index (χ1n) is 11.6. The number of anilines is 1. The van der Waals surface area contributed by atoms with Crippen molar-refractivity contribution in [3.63, 3.8) is 0 Å². The Kier molecular flexibility index (Phi) is 9.93. The molecule has 0 saturated heterocycles. The second-order valence-electron chi connectivity index (χ2n) is 8.41. The number of carbonyl (C=O) groups excluding carboxylic acids is 1. The third-order valence-electron chi connectivity index (χ3n) is 6.06. The average Bonchev–Trinajstić information content (AvgIpc) is 3.21. The minimum absolute atomic E-state index is 0.0405. The van der Waals surface area contributed by atoms with E-state index in [9.17, 15) is 9.59 Å². The summed E-state index contributed by atoms with van der Waals surface area (Å²) in [7, 11) is 0. The first-order chi connectivity index (χ1) is 15.1. The van der Waals surface area contributed by atoms with Crippen LogP contribution in [0.5, 0.6) is 0 Å². The molecule has 0 radical (unpaired) electrons. The van der Waals surface area contributed by atoms with Gasteiger partial charge in [-0.1, -0.05) is 37.5 Å². The Morgan fingerprint density at radius 3 is 2.58 bits per heavy atom. The van der Waals surface area contributed by atoms with E-state index in [2.05, 4.69) is 22.1 Å². The fraction of sp³-hybridized carbons (Fsp3) is 0.773. The molecule has 0 aliphatic heterocycles. The van der Waals surface area contributed by atoms with Crippen LogP contribution >= 0.6 is 23.1 Å². The first kappa shape index (κ1) is 24.3. The number of hydrogen-bond acceptors (Lipinski definition) is 6. The number of aliphatic carboxylic acids is 1. The summed E-state index contributed by atoms with van der Waals surface area (Å²) in [6, 6.07) is 0.520. The number of nitrogens with one attached hydrogen (secondary N) is 1. The molecule has 174 valence electrons. The van der Waals surface area contributed by atoms with Crippen molar-refractivity contribution in [2.75, 3.05) is 17.7 Å². The third-order valence-corrected chi connectivity index (χ3v) is 8.17. The molecule has 2 amide bonds. The standard InChI is InChI=1S/C22H35N3O4S2/c1-2-13-29-18-10-8-17(9-11-18)25(16-6-4-3-5-7-16)22(28)24-21-23-15-20(31-21)30-14-12-19(26)27/h15-18H,2-14H2,1H3,(H,26,27)(H,23,24,28). The van der Waals surface area contributed by atoms with Gasteiger partial charge in [0.15, 0.2) is 5.13 Å². The minimum Gasteiger partial charge on any atom is -0.481 e. The summed E-state index contributed by atoms with van der Waals surface area (Å²) in [6.07, 6.45) is 13.0. The van der Waals surface area contributed by atoms with E-state index in [1.165, 1.54) is 42.4 Å². The maximum absolute atomic E-state index is 13.3. The number of carboxylic acid groups (broad SMARTS) is 1. The van der Waals surface area contributed by atoms with Gasteiger partial charge in [0.25, 0.3) is 0 Å². The van der Waals surface area contributed by atoms with Gasteiger partial charge in [0, 0.05) is 24.4 Å². The topological polar surface area (TPSA) is 91.8 Å². The molecule has 2 fully saturated rings. The Balaban J connectivity index is 1.59. The highest BCUT2D eigenvalue weighted by Gasteiger charge is 2.34. The fourth-order valence-electron chi connectivity index (χ4n) is 4.54. The molecule has 0 unspecified atom stereocenters. The van der Waals surface area contributed by atoms with Crippen LogP contribution < -0.4 is 5.32 Å². The number of thiazole rings is 1. The Morgan fingerprint density at radius 2 is 1.90 bits per heavy atom. The van der Waals surface area contributed by atoms with E-state index in [4.69, 9.17) is 9.84 Å². The van der Waals surface area contributed by atoms with Gasteiger partial charge in [-0.3, -0.25) is 10.1 Å². The monoisotopic (exact) mass is 469 g/mol. The van der Waals surface area contributed by atoms with E-state index in [0.717, 1.165) is 55.8 Å². The number of rotatable bonds is 10. The van der Waals surface area contributed by atoms with Crippen LogP contribution in [0.25, 0.3) is 0 Å². The van der Waals surface area contributed by atoms with Crippen molar-refractivity contribution < 1.29 is 19.4 Å². The highest BCUT2D eigenvalue weighted by Crippen LogP contribution is 2.33. The van der Waals surface area contributed by atoms with Crippen LogP contribution in [0.2, 0.25) is 0 Å². The molecule has 2 aliphatic rings. The molecular formula is C22H35N3O4S2. The molecule has 0 bridgehead atoms. The van der Waals surface area contributed by atoms with E-state index in [1.807, 2.05) is 0 Å². The predicted molar refractivity (Wildman–Crippen MR) is 125 cm³/mol. The average molecular weight is 470 g/mol. The summed E-state index contributed by atoms with van der Waals surface area (Å²) in [5, 5.41) is 12.4. The van der Waals surface area contributed by atoms with Crippen LogP contribution in [0.3, 0.4) is 0 Å². The Hall–Kier alpha value is -1.32. The van der Waals surface area contributed by atoms with Gasteiger partial charge < -0.3 is 14.7 Å². The van der Waals surface area contributed by atoms with Gasteiger partial charge in [0.05, 0.1) is 22.9 Å². The minimum atomic E-state index is -0.802. The Labute approximate surface area is 193 Å². The normalized spacial score (nSPS) is 22.2. The van der Waals surface area contributed by atoms with Gasteiger partial charge >= 0.3 is 12.0 Å². The third kappa shape index (κ3) is 7.64. The smallest absolute Gasteiger partial charge is 0.324 e. The number of ether oxygens (including phenoxy) is 1. The Morgan fingerprint density at radius 1 is 1.19 bits per heavy atom. The predicted octanol–water partition coefficient (Wildman–Crippen LogP) is 5.61. The maximum Gasteiger partial charge on any atom is 0.324 e. The summed E-state index contributed by atoms with van der Waals surface area (Å²) < 4.78 is 6.87. The summed E-state index contributed by atoms with van der Waals surface area (Å²) in [5.41, 5.74) is 0. The number of hydrogen-bond donors (Lipinski definition) is 2. The first-order valence-corrected chi connectivity index (χ1v) is 13.4. The highest BCUT2D eigenvalue weighted by atomic mass is 32.2. The molecule has 3 rings (SSSR count). The zero-order valence-electron chi connectivity index (χ0n) is 18.4. The van der Waals surface area contributed by atoms with Crippen LogP contribution in [0.15, 0.2) is 10.4 Å². The molecule has 0 atom stereocenters. The Bertz CT molecular complexity index is 701. The van der Waals surface area contributed by atoms with E-state index in [1.54, 1.807) is 6.20 Å². The van der Waals surface area contributed by atoms with Crippen LogP contribution in [-0.2, 0) is 9.53 Å². The van der Waals surface area contributed by atoms with E-state index >= 15 is 0 Å². The molecule has 1 aromatic heterocycles. The van der Waals surface area contributed by atoms with Gasteiger partial charge in [-0.05, 0) is 44.9 Å². The lowest BCUT2D eigenvalue weighted by molar-refractivity contribution is -0.136. The lowest BCUT2D eigenvalue weighted by Crippen LogP contribution is -2.51. The maximum atomic E-state index is 13.3. The molecule has 2 N–H and O–H groups in total. The second-order valence-corrected chi connectivity index (χ2v) is 10.8. The van der Waals surface area contributed by atoms with Crippen molar-refractivity contribution in [1.29, 1.82) is 0 Å². The zero-order valence-corrected chi connectivity index (χ0v) is 20.0. The van der Waals surface area contributed by atoms with Crippen molar-refractivity contribution >= 4 is 40.2 Å². The van der Waals surface area contributed by atoms with Crippen LogP contribution in [-0.4, -0.2) is 57.5 Å². The summed E-state index contributed by atoms with van der Waals surface area (Å²) >= 11 is 2.88. The van der Waals surface area contributed by atoms with E-state index < -0.39 is 5.97 Å². The quantitative estimate of drug-likeness (QED) is 0.433. The highest BCUT2D eigenvalue weighted by molar-refractivity contribution is 8.01. The molecule has 1 heterocycles. The number of amides is 2. The van der Waals surface area contributed by atoms with Crippen LogP contribution in [0.1, 0.15) is 77.6 Å².